The third-order valence-corrected chi connectivity index (χ3v) is 3.56. The second-order valence-electron chi connectivity index (χ2n) is 2.82. The summed E-state index contributed by atoms with van der Waals surface area (Å²) in [6.45, 7) is 0. The van der Waals surface area contributed by atoms with Crippen molar-refractivity contribution in [3.8, 4) is 5.75 Å². The average Bonchev–Trinajstić information content (AvgIpc) is 2.17. The van der Waals surface area contributed by atoms with Crippen molar-refractivity contribution in [3.63, 3.8) is 0 Å². The lowest BCUT2D eigenvalue weighted by Crippen LogP contribution is -2.18. The molecular formula is C9H8BrNO2S. The second kappa shape index (κ2) is 3.82. The Morgan fingerprint density at radius 2 is 2.36 bits per heavy atom. The van der Waals surface area contributed by atoms with Crippen molar-refractivity contribution < 1.29 is 9.53 Å². The predicted octanol–water partition coefficient (Wildman–Crippen LogP) is 2.50. The molecular weight excluding hydrogens is 266 g/mol. The fourth-order valence-electron chi connectivity index (χ4n) is 1.24. The number of methoxy groups -OCH3 is 1. The predicted molar refractivity (Wildman–Crippen MR) is 60.0 cm³/mol. The standard InChI is InChI=1S/C9H8BrNO2S/c1-13-7-3-6-8(2-5(7)10)14-4-9(12)11-6/h2-3H,4H2,1H3,(H,11,12). The molecule has 1 aromatic carbocycles. The number of fused-ring (bicyclic) bond motifs is 1. The smallest absolute Gasteiger partial charge is 0.234 e. The maximum absolute atomic E-state index is 11.1. The van der Waals surface area contributed by atoms with Crippen LogP contribution in [0.3, 0.4) is 0 Å². The summed E-state index contributed by atoms with van der Waals surface area (Å²) < 4.78 is 6.04. The molecule has 0 aliphatic carbocycles. The van der Waals surface area contributed by atoms with E-state index in [1.807, 2.05) is 12.1 Å². The maximum Gasteiger partial charge on any atom is 0.234 e. The van der Waals surface area contributed by atoms with Crippen LogP contribution in [0.2, 0.25) is 0 Å². The number of carbonyl (C=O) groups excluding carboxylic acids is 1. The van der Waals surface area contributed by atoms with Crippen molar-refractivity contribution >= 4 is 39.3 Å². The molecule has 0 spiro atoms. The third kappa shape index (κ3) is 1.74. The van der Waals surface area contributed by atoms with E-state index in [0.717, 1.165) is 20.8 Å². The Morgan fingerprint density at radius 1 is 1.57 bits per heavy atom. The molecule has 0 aromatic heterocycles. The molecule has 0 saturated carbocycles. The topological polar surface area (TPSA) is 38.3 Å². The highest BCUT2D eigenvalue weighted by molar-refractivity contribution is 9.10. The summed E-state index contributed by atoms with van der Waals surface area (Å²) in [7, 11) is 1.60. The van der Waals surface area contributed by atoms with E-state index >= 15 is 0 Å². The monoisotopic (exact) mass is 273 g/mol. The van der Waals surface area contributed by atoms with Gasteiger partial charge in [0.25, 0.3) is 0 Å². The summed E-state index contributed by atoms with van der Waals surface area (Å²) >= 11 is 4.93. The van der Waals surface area contributed by atoms with Crippen LogP contribution in [0.1, 0.15) is 0 Å². The molecule has 1 aromatic rings. The number of hydrogen-bond donors (Lipinski definition) is 1. The SMILES string of the molecule is COc1cc2c(cc1Br)SCC(=O)N2. The van der Waals surface area contributed by atoms with Crippen molar-refractivity contribution in [2.75, 3.05) is 18.2 Å². The van der Waals surface area contributed by atoms with Gasteiger partial charge < -0.3 is 10.1 Å². The Labute approximate surface area is 94.3 Å². The van der Waals surface area contributed by atoms with E-state index in [0.29, 0.717) is 5.75 Å². The minimum absolute atomic E-state index is 0.0341. The van der Waals surface area contributed by atoms with Gasteiger partial charge >= 0.3 is 0 Å². The van der Waals surface area contributed by atoms with Crippen LogP contribution in [0.4, 0.5) is 5.69 Å². The Bertz CT molecular complexity index is 395. The Morgan fingerprint density at radius 3 is 3.07 bits per heavy atom. The van der Waals surface area contributed by atoms with Gasteiger partial charge in [-0.25, -0.2) is 0 Å². The number of amides is 1. The fraction of sp³-hybridized carbons (Fsp3) is 0.222. The lowest BCUT2D eigenvalue weighted by Gasteiger charge is -2.17. The number of nitrogens with one attached hydrogen (secondary N) is 1. The van der Waals surface area contributed by atoms with Gasteiger partial charge in [0.1, 0.15) is 5.75 Å². The molecule has 0 atom stereocenters. The van der Waals surface area contributed by atoms with Crippen molar-refractivity contribution in [3.05, 3.63) is 16.6 Å². The summed E-state index contributed by atoms with van der Waals surface area (Å²) in [6.07, 6.45) is 0. The van der Waals surface area contributed by atoms with Gasteiger partial charge in [-0.1, -0.05) is 0 Å². The molecule has 0 unspecified atom stereocenters. The van der Waals surface area contributed by atoms with Gasteiger partial charge in [0.05, 0.1) is 23.0 Å². The van der Waals surface area contributed by atoms with Crippen LogP contribution < -0.4 is 10.1 Å². The number of hydrogen-bond acceptors (Lipinski definition) is 3. The van der Waals surface area contributed by atoms with Crippen LogP contribution in [0, 0.1) is 0 Å². The molecule has 1 heterocycles. The molecule has 1 amide bonds. The van der Waals surface area contributed by atoms with Crippen molar-refractivity contribution in [1.82, 2.24) is 0 Å². The number of carbonyl (C=O) groups is 1. The molecule has 3 nitrogen and oxygen atoms in total. The number of anilines is 1. The quantitative estimate of drug-likeness (QED) is 0.855. The van der Waals surface area contributed by atoms with Crippen molar-refractivity contribution in [2.24, 2.45) is 0 Å². The van der Waals surface area contributed by atoms with Crippen LogP contribution in [0.25, 0.3) is 0 Å². The lowest BCUT2D eigenvalue weighted by molar-refractivity contribution is -0.113. The van der Waals surface area contributed by atoms with Crippen LogP contribution in [-0.2, 0) is 4.79 Å². The number of halogens is 1. The van der Waals surface area contributed by atoms with Crippen molar-refractivity contribution in [1.29, 1.82) is 0 Å². The van der Waals surface area contributed by atoms with E-state index in [1.165, 1.54) is 11.8 Å². The van der Waals surface area contributed by atoms with Gasteiger partial charge in [-0.15, -0.1) is 11.8 Å². The number of rotatable bonds is 1. The van der Waals surface area contributed by atoms with Crippen LogP contribution >= 0.6 is 27.7 Å². The first-order chi connectivity index (χ1) is 6.70. The molecule has 2 rings (SSSR count). The Balaban J connectivity index is 2.46. The van der Waals surface area contributed by atoms with Gasteiger partial charge in [0.15, 0.2) is 0 Å². The van der Waals surface area contributed by atoms with Crippen LogP contribution in [-0.4, -0.2) is 18.8 Å². The number of benzene rings is 1. The molecule has 0 saturated heterocycles. The van der Waals surface area contributed by atoms with E-state index < -0.39 is 0 Å². The van der Waals surface area contributed by atoms with Crippen LogP contribution in [0.5, 0.6) is 5.75 Å². The highest BCUT2D eigenvalue weighted by atomic mass is 79.9. The molecule has 1 aliphatic rings. The molecule has 14 heavy (non-hydrogen) atoms. The summed E-state index contributed by atoms with van der Waals surface area (Å²) in [5.41, 5.74) is 0.825. The van der Waals surface area contributed by atoms with Gasteiger partial charge in [0, 0.05) is 11.0 Å². The highest BCUT2D eigenvalue weighted by Gasteiger charge is 2.17. The van der Waals surface area contributed by atoms with E-state index in [-0.39, 0.29) is 5.91 Å². The van der Waals surface area contributed by atoms with Crippen molar-refractivity contribution in [2.45, 2.75) is 4.90 Å². The first kappa shape index (κ1) is 9.86. The zero-order valence-electron chi connectivity index (χ0n) is 7.46. The van der Waals surface area contributed by atoms with Gasteiger partial charge in [0.2, 0.25) is 5.91 Å². The Hall–Kier alpha value is -0.680. The molecule has 0 fully saturated rings. The van der Waals surface area contributed by atoms with Gasteiger partial charge in [-0.05, 0) is 22.0 Å². The van der Waals surface area contributed by atoms with Gasteiger partial charge in [-0.3, -0.25) is 4.79 Å². The van der Waals surface area contributed by atoms with E-state index in [1.54, 1.807) is 7.11 Å². The zero-order valence-corrected chi connectivity index (χ0v) is 9.87. The molecule has 0 radical (unpaired) electrons. The summed E-state index contributed by atoms with van der Waals surface area (Å²) in [5, 5.41) is 2.80. The molecule has 0 bridgehead atoms. The molecule has 1 aliphatic heterocycles. The van der Waals surface area contributed by atoms with Gasteiger partial charge in [-0.2, -0.15) is 0 Å². The number of thioether (sulfide) groups is 1. The van der Waals surface area contributed by atoms with E-state index in [2.05, 4.69) is 21.2 Å². The first-order valence-corrected chi connectivity index (χ1v) is 5.79. The summed E-state index contributed by atoms with van der Waals surface area (Å²) in [5.74, 6) is 1.24. The van der Waals surface area contributed by atoms with E-state index in [9.17, 15) is 4.79 Å². The fourth-order valence-corrected chi connectivity index (χ4v) is 2.72. The average molecular weight is 274 g/mol. The maximum atomic E-state index is 11.1. The zero-order chi connectivity index (χ0) is 10.1. The summed E-state index contributed by atoms with van der Waals surface area (Å²) in [6, 6.07) is 3.78. The second-order valence-corrected chi connectivity index (χ2v) is 4.69. The third-order valence-electron chi connectivity index (χ3n) is 1.89. The minimum Gasteiger partial charge on any atom is -0.495 e. The molecule has 5 heteroatoms. The molecule has 1 N–H and O–H groups in total. The van der Waals surface area contributed by atoms with E-state index in [4.69, 9.17) is 4.74 Å². The summed E-state index contributed by atoms with van der Waals surface area (Å²) in [4.78, 5) is 12.2. The van der Waals surface area contributed by atoms with Crippen LogP contribution in [0.15, 0.2) is 21.5 Å². The lowest BCUT2D eigenvalue weighted by atomic mass is 10.3. The normalized spacial score (nSPS) is 14.6. The number of ether oxygens (including phenoxy) is 1. The highest BCUT2D eigenvalue weighted by Crippen LogP contribution is 2.38. The largest absolute Gasteiger partial charge is 0.495 e. The first-order valence-electron chi connectivity index (χ1n) is 4.01. The Kier molecular flexibility index (Phi) is 2.69. The molecule has 74 valence electrons. The minimum atomic E-state index is 0.0341.